The van der Waals surface area contributed by atoms with Crippen LogP contribution in [-0.4, -0.2) is 62.9 Å². The summed E-state index contributed by atoms with van der Waals surface area (Å²) in [6, 6.07) is 16.0. The highest BCUT2D eigenvalue weighted by molar-refractivity contribution is 6.71. The fourth-order valence-electron chi connectivity index (χ4n) is 6.34. The van der Waals surface area contributed by atoms with Crippen molar-refractivity contribution < 1.29 is 19.4 Å². The molecule has 1 fully saturated rings. The number of hydrogen-bond acceptors (Lipinski definition) is 6. The van der Waals surface area contributed by atoms with E-state index in [2.05, 4.69) is 39.7 Å². The van der Waals surface area contributed by atoms with Crippen LogP contribution in [-0.2, 0) is 35.3 Å². The van der Waals surface area contributed by atoms with E-state index in [1.807, 2.05) is 61.9 Å². The first-order chi connectivity index (χ1) is 19.7. The molecular weight excluding hydrogens is 534 g/mol. The summed E-state index contributed by atoms with van der Waals surface area (Å²) < 4.78 is 8.38. The highest BCUT2D eigenvalue weighted by Gasteiger charge is 2.49. The number of aliphatic hydroxyl groups is 1. The molecule has 1 aliphatic rings. The Morgan fingerprint density at radius 3 is 2.63 bits per heavy atom. The number of fused-ring (bicyclic) bond motifs is 1. The maximum absolute atomic E-state index is 12.7. The van der Waals surface area contributed by atoms with Crippen LogP contribution in [0.5, 0.6) is 0 Å². The minimum atomic E-state index is -2.45. The molecule has 4 N–H and O–H groups in total. The number of aryl methyl sites for hydroxylation is 2. The molecule has 0 radical (unpaired) electrons. The van der Waals surface area contributed by atoms with Gasteiger partial charge in [-0.25, -0.2) is 0 Å². The van der Waals surface area contributed by atoms with Crippen molar-refractivity contribution >= 4 is 30.8 Å². The number of benzene rings is 2. The summed E-state index contributed by atoms with van der Waals surface area (Å²) in [4.78, 5) is 27.0. The first-order valence-corrected chi connectivity index (χ1v) is 17.5. The number of amides is 1. The predicted octanol–water partition coefficient (Wildman–Crippen LogP) is 4.47. The van der Waals surface area contributed by atoms with E-state index in [1.165, 1.54) is 5.56 Å². The van der Waals surface area contributed by atoms with E-state index in [4.69, 9.17) is 9.84 Å². The fraction of sp³-hybridized carbons (Fsp3) is 0.452. The topological polar surface area (TPSA) is 125 Å². The second-order valence-corrected chi connectivity index (χ2v) is 15.8. The molecule has 1 amide bonds. The lowest BCUT2D eigenvalue weighted by molar-refractivity contribution is -0.115. The molecule has 1 saturated heterocycles. The van der Waals surface area contributed by atoms with E-state index < -0.39 is 8.32 Å². The molecule has 41 heavy (non-hydrogen) atoms. The molecule has 9 nitrogen and oxygen atoms in total. The van der Waals surface area contributed by atoms with Gasteiger partial charge in [0.15, 0.2) is 8.32 Å². The van der Waals surface area contributed by atoms with Crippen molar-refractivity contribution in [2.24, 2.45) is 5.92 Å². The first-order valence-electron chi connectivity index (χ1n) is 14.5. The molecule has 0 spiro atoms. The zero-order chi connectivity index (χ0) is 29.0. The van der Waals surface area contributed by atoms with Crippen molar-refractivity contribution in [2.75, 3.05) is 11.9 Å². The summed E-state index contributed by atoms with van der Waals surface area (Å²) in [6.07, 6.45) is 7.12. The number of hydrogen-bond donors (Lipinski definition) is 4. The van der Waals surface area contributed by atoms with Gasteiger partial charge in [0.2, 0.25) is 5.91 Å². The van der Waals surface area contributed by atoms with Crippen molar-refractivity contribution in [2.45, 2.75) is 76.4 Å². The summed E-state index contributed by atoms with van der Waals surface area (Å²) >= 11 is 0. The molecule has 218 valence electrons. The number of ether oxygens (including phenoxy) is 1. The average Bonchev–Trinajstić information content (AvgIpc) is 3.64. The summed E-state index contributed by atoms with van der Waals surface area (Å²) in [5.74, 6) is 0.217. The van der Waals surface area contributed by atoms with Crippen molar-refractivity contribution in [3.8, 4) is 0 Å². The van der Waals surface area contributed by atoms with Gasteiger partial charge in [-0.05, 0) is 67.6 Å². The van der Waals surface area contributed by atoms with Crippen molar-refractivity contribution in [3.63, 3.8) is 0 Å². The molecule has 3 heterocycles. The van der Waals surface area contributed by atoms with Gasteiger partial charge in [-0.2, -0.15) is 0 Å². The lowest BCUT2D eigenvalue weighted by atomic mass is 9.95. The molecule has 0 saturated carbocycles. The Hall–Kier alpha value is -3.31. The van der Waals surface area contributed by atoms with Gasteiger partial charge in [0.25, 0.3) is 0 Å². The second kappa shape index (κ2) is 12.7. The van der Waals surface area contributed by atoms with Crippen LogP contribution in [0.3, 0.4) is 0 Å². The van der Waals surface area contributed by atoms with Crippen LogP contribution in [0.25, 0.3) is 10.9 Å². The zero-order valence-electron chi connectivity index (χ0n) is 24.1. The second-order valence-electron chi connectivity index (χ2n) is 11.8. The van der Waals surface area contributed by atoms with E-state index in [1.54, 1.807) is 4.68 Å². The Bertz CT molecular complexity index is 1440. The molecule has 0 bridgehead atoms. The number of nitrogens with one attached hydrogen (secondary N) is 2. The maximum atomic E-state index is 12.7. The number of para-hydroxylation sites is 1. The Kier molecular flexibility index (Phi) is 9.03. The van der Waals surface area contributed by atoms with Gasteiger partial charge in [-0.3, -0.25) is 9.48 Å². The Balaban J connectivity index is 1.14. The van der Waals surface area contributed by atoms with Crippen LogP contribution in [0.2, 0.25) is 18.6 Å². The fourth-order valence-corrected chi connectivity index (χ4v) is 8.99. The zero-order valence-corrected chi connectivity index (χ0v) is 25.1. The van der Waals surface area contributed by atoms with E-state index in [9.17, 15) is 9.59 Å². The van der Waals surface area contributed by atoms with E-state index in [0.717, 1.165) is 47.1 Å². The molecule has 2 aromatic heterocycles. The molecule has 4 atom stereocenters. The number of anilines is 1. The standard InChI is InChI=1S/C31H41N5O4Si/c1-21-28(40-29(31(21)41(2,3)39)14-16-36-20-25(15-17-37)34-35-36)13-10-22-8-11-24(12-9-22)33-30(38)18-23-19-32-27-7-5-4-6-26(23)27/h4-9,11-12,19-21,28-29,31-32,37,39H,10,13-18H2,1-3H3,(H,33,38)/t21-,28+,29-,31+/m0/s1. The molecule has 10 heteroatoms. The number of aromatic amines is 1. The quantitative estimate of drug-likeness (QED) is 0.185. The normalized spacial score (nSPS) is 21.0. The number of aromatic nitrogens is 4. The summed E-state index contributed by atoms with van der Waals surface area (Å²) in [5.41, 5.74) is 4.91. The Labute approximate surface area is 242 Å². The highest BCUT2D eigenvalue weighted by atomic mass is 28.4. The van der Waals surface area contributed by atoms with Crippen LogP contribution in [0, 0.1) is 5.92 Å². The number of rotatable bonds is 12. The number of aliphatic hydroxyl groups excluding tert-OH is 1. The van der Waals surface area contributed by atoms with Gasteiger partial charge < -0.3 is 24.9 Å². The maximum Gasteiger partial charge on any atom is 0.228 e. The monoisotopic (exact) mass is 575 g/mol. The number of H-pyrrole nitrogens is 1. The van der Waals surface area contributed by atoms with Gasteiger partial charge in [-0.1, -0.05) is 42.5 Å². The van der Waals surface area contributed by atoms with Crippen LogP contribution < -0.4 is 5.32 Å². The minimum Gasteiger partial charge on any atom is -0.432 e. The predicted molar refractivity (Wildman–Crippen MR) is 162 cm³/mol. The minimum absolute atomic E-state index is 0.0260. The Morgan fingerprint density at radius 2 is 1.88 bits per heavy atom. The van der Waals surface area contributed by atoms with Gasteiger partial charge in [0, 0.05) is 54.1 Å². The van der Waals surface area contributed by atoms with E-state index >= 15 is 0 Å². The van der Waals surface area contributed by atoms with E-state index in [-0.39, 0.29) is 36.2 Å². The van der Waals surface area contributed by atoms with Crippen molar-refractivity contribution in [3.05, 3.63) is 77.7 Å². The van der Waals surface area contributed by atoms with Crippen LogP contribution >= 0.6 is 0 Å². The summed E-state index contributed by atoms with van der Waals surface area (Å²) in [7, 11) is -2.45. The van der Waals surface area contributed by atoms with Gasteiger partial charge in [0.1, 0.15) is 0 Å². The highest BCUT2D eigenvalue weighted by Crippen LogP contribution is 2.45. The molecule has 0 aliphatic carbocycles. The summed E-state index contributed by atoms with van der Waals surface area (Å²) in [6.45, 7) is 6.94. The SMILES string of the molecule is C[C@@H]1[C@@H]([Si](C)(C)O)[C@H](CCn2cc(CCO)nn2)O[C@@H]1CCc1ccc(NC(=O)Cc2c[nH]c3ccccc23)cc1. The largest absolute Gasteiger partial charge is 0.432 e. The number of carbonyl (C=O) groups is 1. The average molecular weight is 576 g/mol. The van der Waals surface area contributed by atoms with Crippen LogP contribution in [0.1, 0.15) is 36.6 Å². The van der Waals surface area contributed by atoms with Gasteiger partial charge in [0.05, 0.1) is 24.3 Å². The number of nitrogens with zero attached hydrogens (tertiary/aromatic N) is 3. The first kappa shape index (κ1) is 29.2. The van der Waals surface area contributed by atoms with Crippen molar-refractivity contribution in [1.82, 2.24) is 20.0 Å². The summed E-state index contributed by atoms with van der Waals surface area (Å²) in [5, 5.41) is 21.5. The van der Waals surface area contributed by atoms with Gasteiger partial charge in [-0.15, -0.1) is 5.10 Å². The van der Waals surface area contributed by atoms with E-state index in [0.29, 0.717) is 19.4 Å². The molecular formula is C31H41N5O4Si. The lowest BCUT2D eigenvalue weighted by Crippen LogP contribution is -2.40. The molecule has 5 rings (SSSR count). The Morgan fingerprint density at radius 1 is 1.10 bits per heavy atom. The third-order valence-corrected chi connectivity index (χ3v) is 10.8. The molecule has 2 aromatic carbocycles. The molecule has 1 aliphatic heterocycles. The smallest absolute Gasteiger partial charge is 0.228 e. The third kappa shape index (κ3) is 7.13. The van der Waals surface area contributed by atoms with Crippen LogP contribution in [0.15, 0.2) is 60.9 Å². The van der Waals surface area contributed by atoms with Crippen LogP contribution in [0.4, 0.5) is 5.69 Å². The lowest BCUT2D eigenvalue weighted by Gasteiger charge is -2.30. The van der Waals surface area contributed by atoms with Gasteiger partial charge >= 0.3 is 0 Å². The number of carbonyl (C=O) groups excluding carboxylic acids is 1. The molecule has 4 aromatic rings. The molecule has 0 unspecified atom stereocenters. The third-order valence-electron chi connectivity index (χ3n) is 8.30. The van der Waals surface area contributed by atoms with Crippen molar-refractivity contribution in [1.29, 1.82) is 0 Å².